The Labute approximate surface area is 85.5 Å². The summed E-state index contributed by atoms with van der Waals surface area (Å²) in [6.45, 7) is 1.67. The van der Waals surface area contributed by atoms with Crippen LogP contribution in [0.15, 0.2) is 18.2 Å². The molecule has 4 N–H and O–H groups in total. The summed E-state index contributed by atoms with van der Waals surface area (Å²) in [5.41, 5.74) is 6.64. The molecule has 0 spiro atoms. The van der Waals surface area contributed by atoms with E-state index in [1.165, 1.54) is 6.07 Å². The molecular formula is C9H10FN5. The number of aryl methyl sites for hydroxylation is 1. The maximum absolute atomic E-state index is 13.0. The van der Waals surface area contributed by atoms with Gasteiger partial charge in [0.05, 0.1) is 0 Å². The molecule has 2 aromatic rings. The van der Waals surface area contributed by atoms with Gasteiger partial charge < -0.3 is 11.6 Å². The third-order valence-electron chi connectivity index (χ3n) is 2.14. The average molecular weight is 207 g/mol. The number of nitrogens with two attached hydrogens (primary N) is 2. The second-order valence-electron chi connectivity index (χ2n) is 3.22. The van der Waals surface area contributed by atoms with E-state index in [-0.39, 0.29) is 11.8 Å². The van der Waals surface area contributed by atoms with Crippen molar-refractivity contribution < 1.29 is 4.39 Å². The van der Waals surface area contributed by atoms with Gasteiger partial charge in [0.2, 0.25) is 5.95 Å². The molecule has 0 saturated carbocycles. The highest BCUT2D eigenvalue weighted by molar-refractivity contribution is 5.58. The van der Waals surface area contributed by atoms with Gasteiger partial charge in [-0.15, -0.1) is 10.2 Å². The quantitative estimate of drug-likeness (QED) is 0.674. The largest absolute Gasteiger partial charge is 0.366 e. The Morgan fingerprint density at radius 3 is 2.60 bits per heavy atom. The van der Waals surface area contributed by atoms with Crippen LogP contribution in [0.2, 0.25) is 0 Å². The SMILES string of the molecule is Cc1cc(-c2nnc(N)n2N)ccc1F. The third-order valence-corrected chi connectivity index (χ3v) is 2.14. The molecule has 0 aliphatic rings. The summed E-state index contributed by atoms with van der Waals surface area (Å²) >= 11 is 0. The minimum atomic E-state index is -0.269. The van der Waals surface area contributed by atoms with Gasteiger partial charge in [0.15, 0.2) is 5.82 Å². The van der Waals surface area contributed by atoms with E-state index in [1.807, 2.05) is 0 Å². The lowest BCUT2D eigenvalue weighted by atomic mass is 10.1. The zero-order valence-corrected chi connectivity index (χ0v) is 8.11. The molecule has 5 nitrogen and oxygen atoms in total. The fraction of sp³-hybridized carbons (Fsp3) is 0.111. The van der Waals surface area contributed by atoms with Crippen molar-refractivity contribution in [1.82, 2.24) is 14.9 Å². The summed E-state index contributed by atoms with van der Waals surface area (Å²) in [6.07, 6.45) is 0. The number of halogens is 1. The van der Waals surface area contributed by atoms with Crippen molar-refractivity contribution in [2.24, 2.45) is 0 Å². The van der Waals surface area contributed by atoms with Crippen LogP contribution in [0, 0.1) is 12.7 Å². The van der Waals surface area contributed by atoms with Crippen molar-refractivity contribution >= 4 is 5.95 Å². The molecule has 0 radical (unpaired) electrons. The van der Waals surface area contributed by atoms with E-state index in [9.17, 15) is 4.39 Å². The maximum Gasteiger partial charge on any atom is 0.241 e. The summed E-state index contributed by atoms with van der Waals surface area (Å²) in [5, 5.41) is 7.41. The molecule has 0 saturated heterocycles. The van der Waals surface area contributed by atoms with Crippen LogP contribution in [-0.2, 0) is 0 Å². The van der Waals surface area contributed by atoms with E-state index < -0.39 is 0 Å². The van der Waals surface area contributed by atoms with Gasteiger partial charge in [-0.25, -0.2) is 9.07 Å². The third kappa shape index (κ3) is 1.50. The van der Waals surface area contributed by atoms with Crippen LogP contribution in [0.25, 0.3) is 11.4 Å². The lowest BCUT2D eigenvalue weighted by Gasteiger charge is -2.02. The topological polar surface area (TPSA) is 82.8 Å². The Morgan fingerprint density at radius 1 is 1.33 bits per heavy atom. The number of hydrogen-bond acceptors (Lipinski definition) is 4. The molecule has 0 unspecified atom stereocenters. The van der Waals surface area contributed by atoms with E-state index in [1.54, 1.807) is 19.1 Å². The second kappa shape index (κ2) is 3.23. The number of nitrogen functional groups attached to an aromatic ring is 2. The Kier molecular flexibility index (Phi) is 2.03. The summed E-state index contributed by atoms with van der Waals surface area (Å²) in [5.74, 6) is 5.86. The van der Waals surface area contributed by atoms with Crippen LogP contribution in [0.1, 0.15) is 5.56 Å². The molecule has 0 atom stereocenters. The van der Waals surface area contributed by atoms with Crippen LogP contribution in [0.3, 0.4) is 0 Å². The molecule has 2 rings (SSSR count). The van der Waals surface area contributed by atoms with Crippen molar-refractivity contribution in [3.63, 3.8) is 0 Å². The molecular weight excluding hydrogens is 197 g/mol. The zero-order valence-electron chi connectivity index (χ0n) is 8.11. The molecule has 15 heavy (non-hydrogen) atoms. The predicted octanol–water partition coefficient (Wildman–Crippen LogP) is 0.689. The number of nitrogens with zero attached hydrogens (tertiary/aromatic N) is 3. The summed E-state index contributed by atoms with van der Waals surface area (Å²) < 4.78 is 14.2. The Balaban J connectivity index is 2.55. The van der Waals surface area contributed by atoms with Crippen molar-refractivity contribution in [3.8, 4) is 11.4 Å². The first kappa shape index (κ1) is 9.45. The van der Waals surface area contributed by atoms with Crippen molar-refractivity contribution in [1.29, 1.82) is 0 Å². The fourth-order valence-corrected chi connectivity index (χ4v) is 1.28. The van der Waals surface area contributed by atoms with Crippen LogP contribution in [0.5, 0.6) is 0 Å². The molecule has 0 bridgehead atoms. The molecule has 78 valence electrons. The first-order valence-electron chi connectivity index (χ1n) is 4.32. The standard InChI is InChI=1S/C9H10FN5/c1-5-4-6(2-3-7(5)10)8-13-14-9(11)15(8)12/h2-4H,12H2,1H3,(H2,11,14). The van der Waals surface area contributed by atoms with Crippen molar-refractivity contribution in [2.45, 2.75) is 6.92 Å². The van der Waals surface area contributed by atoms with E-state index in [2.05, 4.69) is 10.2 Å². The number of anilines is 1. The van der Waals surface area contributed by atoms with Crippen molar-refractivity contribution in [2.75, 3.05) is 11.6 Å². The van der Waals surface area contributed by atoms with E-state index in [0.717, 1.165) is 4.68 Å². The predicted molar refractivity (Wildman–Crippen MR) is 54.7 cm³/mol. The average Bonchev–Trinajstić information content (AvgIpc) is 2.53. The van der Waals surface area contributed by atoms with Gasteiger partial charge in [-0.05, 0) is 30.7 Å². The number of rotatable bonds is 1. The zero-order chi connectivity index (χ0) is 11.0. The smallest absolute Gasteiger partial charge is 0.241 e. The second-order valence-corrected chi connectivity index (χ2v) is 3.22. The van der Waals surface area contributed by atoms with Crippen LogP contribution < -0.4 is 11.6 Å². The van der Waals surface area contributed by atoms with Gasteiger partial charge in [-0.3, -0.25) is 0 Å². The minimum Gasteiger partial charge on any atom is -0.366 e. The maximum atomic E-state index is 13.0. The molecule has 0 fully saturated rings. The van der Waals surface area contributed by atoms with Gasteiger partial charge in [0.1, 0.15) is 5.82 Å². The Hall–Kier alpha value is -2.11. The van der Waals surface area contributed by atoms with E-state index >= 15 is 0 Å². The first-order chi connectivity index (χ1) is 7.09. The molecule has 6 heteroatoms. The van der Waals surface area contributed by atoms with Crippen molar-refractivity contribution in [3.05, 3.63) is 29.6 Å². The summed E-state index contributed by atoms with van der Waals surface area (Å²) in [4.78, 5) is 0. The summed E-state index contributed by atoms with van der Waals surface area (Å²) in [7, 11) is 0. The number of benzene rings is 1. The van der Waals surface area contributed by atoms with E-state index in [0.29, 0.717) is 17.0 Å². The van der Waals surface area contributed by atoms with Gasteiger partial charge in [-0.1, -0.05) is 0 Å². The Bertz CT molecular complexity index is 505. The lowest BCUT2D eigenvalue weighted by Crippen LogP contribution is -2.13. The fourth-order valence-electron chi connectivity index (χ4n) is 1.28. The molecule has 1 aromatic heterocycles. The highest BCUT2D eigenvalue weighted by Crippen LogP contribution is 2.19. The highest BCUT2D eigenvalue weighted by Gasteiger charge is 2.10. The van der Waals surface area contributed by atoms with Crippen LogP contribution >= 0.6 is 0 Å². The molecule has 0 aliphatic heterocycles. The first-order valence-corrected chi connectivity index (χ1v) is 4.32. The van der Waals surface area contributed by atoms with Gasteiger partial charge in [0, 0.05) is 5.56 Å². The lowest BCUT2D eigenvalue weighted by molar-refractivity contribution is 0.618. The molecule has 1 aromatic carbocycles. The highest BCUT2D eigenvalue weighted by atomic mass is 19.1. The molecule has 1 heterocycles. The van der Waals surface area contributed by atoms with E-state index in [4.69, 9.17) is 11.6 Å². The monoisotopic (exact) mass is 207 g/mol. The molecule has 0 amide bonds. The summed E-state index contributed by atoms with van der Waals surface area (Å²) in [6, 6.07) is 4.58. The Morgan fingerprint density at radius 2 is 2.07 bits per heavy atom. The number of hydrogen-bond donors (Lipinski definition) is 2. The van der Waals surface area contributed by atoms with Gasteiger partial charge in [0.25, 0.3) is 0 Å². The minimum absolute atomic E-state index is 0.118. The normalized spacial score (nSPS) is 10.5. The molecule has 0 aliphatic carbocycles. The van der Waals surface area contributed by atoms with Crippen LogP contribution in [-0.4, -0.2) is 14.9 Å². The van der Waals surface area contributed by atoms with Gasteiger partial charge in [-0.2, -0.15) is 0 Å². The number of aromatic nitrogens is 3. The van der Waals surface area contributed by atoms with Crippen LogP contribution in [0.4, 0.5) is 10.3 Å². The van der Waals surface area contributed by atoms with Gasteiger partial charge >= 0.3 is 0 Å².